The minimum atomic E-state index is -0.715. The van der Waals surface area contributed by atoms with Crippen LogP contribution in [0, 0.1) is 6.92 Å². The Bertz CT molecular complexity index is 1030. The fraction of sp³-hybridized carbons (Fsp3) is 0.320. The smallest absolute Gasteiger partial charge is 0.328 e. The van der Waals surface area contributed by atoms with E-state index in [1.54, 1.807) is 6.92 Å². The first-order valence-electron chi connectivity index (χ1n) is 10.6. The number of aromatic nitrogens is 1. The third kappa shape index (κ3) is 6.44. The Morgan fingerprint density at radius 3 is 2.47 bits per heavy atom. The molecule has 168 valence electrons. The number of benzene rings is 2. The van der Waals surface area contributed by atoms with Crippen LogP contribution in [-0.4, -0.2) is 36.1 Å². The summed E-state index contributed by atoms with van der Waals surface area (Å²) in [6.07, 6.45) is 0.969. The number of hydrogen-bond acceptors (Lipinski definition) is 6. The van der Waals surface area contributed by atoms with Gasteiger partial charge in [-0.1, -0.05) is 30.3 Å². The van der Waals surface area contributed by atoms with Gasteiger partial charge < -0.3 is 19.2 Å². The molecule has 0 spiro atoms. The minimum Gasteiger partial charge on any atom is -0.493 e. The summed E-state index contributed by atoms with van der Waals surface area (Å²) in [6, 6.07) is 16.5. The molecule has 7 heteroatoms. The van der Waals surface area contributed by atoms with Crippen LogP contribution in [-0.2, 0) is 27.2 Å². The van der Waals surface area contributed by atoms with Gasteiger partial charge in [-0.05, 0) is 43.7 Å². The molecule has 0 fully saturated rings. The number of nitrogens with one attached hydrogen (secondary N) is 1. The zero-order valence-corrected chi connectivity index (χ0v) is 18.6. The fourth-order valence-electron chi connectivity index (χ4n) is 3.27. The van der Waals surface area contributed by atoms with Crippen LogP contribution in [0.25, 0.3) is 11.5 Å². The summed E-state index contributed by atoms with van der Waals surface area (Å²) in [7, 11) is 0. The number of carbonyl (C=O) groups is 2. The second-order valence-electron chi connectivity index (χ2n) is 7.34. The van der Waals surface area contributed by atoms with Crippen molar-refractivity contribution >= 4 is 11.9 Å². The number of oxazole rings is 1. The highest BCUT2D eigenvalue weighted by molar-refractivity contribution is 5.83. The van der Waals surface area contributed by atoms with E-state index in [0.717, 1.165) is 22.6 Å². The summed E-state index contributed by atoms with van der Waals surface area (Å²) in [5.41, 5.74) is 2.70. The molecule has 0 aliphatic carbocycles. The normalized spacial score (nSPS) is 11.6. The highest BCUT2D eigenvalue weighted by Gasteiger charge is 2.21. The Kier molecular flexibility index (Phi) is 8.02. The van der Waals surface area contributed by atoms with Crippen molar-refractivity contribution in [3.63, 3.8) is 0 Å². The Hall–Kier alpha value is -3.61. The molecule has 1 amide bonds. The lowest BCUT2D eigenvalue weighted by molar-refractivity contribution is -0.147. The molecule has 2 aromatic carbocycles. The number of rotatable bonds is 10. The maximum absolute atomic E-state index is 12.1. The Balaban J connectivity index is 1.54. The molecule has 32 heavy (non-hydrogen) atoms. The molecular weight excluding hydrogens is 408 g/mol. The van der Waals surface area contributed by atoms with Crippen LogP contribution in [0.2, 0.25) is 0 Å². The first-order chi connectivity index (χ1) is 15.5. The van der Waals surface area contributed by atoms with Gasteiger partial charge >= 0.3 is 5.97 Å². The predicted molar refractivity (Wildman–Crippen MR) is 120 cm³/mol. The van der Waals surface area contributed by atoms with Gasteiger partial charge in [-0.3, -0.25) is 4.79 Å². The van der Waals surface area contributed by atoms with Crippen LogP contribution in [0.4, 0.5) is 0 Å². The zero-order valence-electron chi connectivity index (χ0n) is 18.6. The number of aryl methyl sites for hydroxylation is 1. The molecule has 0 unspecified atom stereocenters. The van der Waals surface area contributed by atoms with Crippen LogP contribution in [0.1, 0.15) is 30.9 Å². The molecule has 3 aromatic rings. The average Bonchev–Trinajstić information content (AvgIpc) is 3.15. The summed E-state index contributed by atoms with van der Waals surface area (Å²) in [4.78, 5) is 28.1. The molecule has 3 rings (SSSR count). The van der Waals surface area contributed by atoms with E-state index in [4.69, 9.17) is 13.9 Å². The standard InChI is InChI=1S/C25H28N2O5/c1-4-30-25(29)23(26-18(3)28)16-19-10-12-21(13-11-19)31-15-14-22-17(2)32-24(27-22)20-8-6-5-7-9-20/h5-13,23H,4,14-16H2,1-3H3,(H,26,28)/t23-/m1/s1. The van der Waals surface area contributed by atoms with Crippen molar-refractivity contribution in [3.05, 3.63) is 71.6 Å². The maximum Gasteiger partial charge on any atom is 0.328 e. The second-order valence-corrected chi connectivity index (χ2v) is 7.34. The Morgan fingerprint density at radius 2 is 1.81 bits per heavy atom. The largest absolute Gasteiger partial charge is 0.493 e. The molecule has 0 aliphatic heterocycles. The van der Waals surface area contributed by atoms with Gasteiger partial charge in [0.2, 0.25) is 11.8 Å². The third-order valence-corrected chi connectivity index (χ3v) is 4.83. The van der Waals surface area contributed by atoms with Crippen molar-refractivity contribution in [2.24, 2.45) is 0 Å². The number of esters is 1. The van der Waals surface area contributed by atoms with Gasteiger partial charge in [-0.25, -0.2) is 9.78 Å². The molecule has 1 N–H and O–H groups in total. The lowest BCUT2D eigenvalue weighted by atomic mass is 10.1. The van der Waals surface area contributed by atoms with Crippen LogP contribution in [0.15, 0.2) is 59.0 Å². The molecule has 0 saturated carbocycles. The van der Waals surface area contributed by atoms with E-state index < -0.39 is 12.0 Å². The van der Waals surface area contributed by atoms with Gasteiger partial charge in [0, 0.05) is 25.3 Å². The Labute approximate surface area is 187 Å². The molecule has 1 atom stereocenters. The molecule has 0 aliphatic rings. The lowest BCUT2D eigenvalue weighted by Crippen LogP contribution is -2.42. The van der Waals surface area contributed by atoms with E-state index in [0.29, 0.717) is 31.1 Å². The average molecular weight is 437 g/mol. The topological polar surface area (TPSA) is 90.7 Å². The first kappa shape index (κ1) is 23.1. The molecule has 0 radical (unpaired) electrons. The molecule has 1 heterocycles. The number of nitrogens with zero attached hydrogens (tertiary/aromatic N) is 1. The molecule has 0 saturated heterocycles. The van der Waals surface area contributed by atoms with E-state index in [1.807, 2.05) is 61.5 Å². The highest BCUT2D eigenvalue weighted by Crippen LogP contribution is 2.22. The highest BCUT2D eigenvalue weighted by atomic mass is 16.5. The summed E-state index contributed by atoms with van der Waals surface area (Å²) in [6.45, 7) is 5.73. The predicted octanol–water partition coefficient (Wildman–Crippen LogP) is 3.88. The number of carbonyl (C=O) groups excluding carboxylic acids is 2. The molecule has 1 aromatic heterocycles. The van der Waals surface area contributed by atoms with Crippen molar-refractivity contribution < 1.29 is 23.5 Å². The summed E-state index contributed by atoms with van der Waals surface area (Å²) in [5, 5.41) is 2.64. The van der Waals surface area contributed by atoms with Crippen molar-refractivity contribution in [2.45, 2.75) is 39.7 Å². The quantitative estimate of drug-likeness (QED) is 0.485. The third-order valence-electron chi connectivity index (χ3n) is 4.83. The van der Waals surface area contributed by atoms with Crippen LogP contribution < -0.4 is 10.1 Å². The van der Waals surface area contributed by atoms with Gasteiger partial charge in [0.25, 0.3) is 0 Å². The zero-order chi connectivity index (χ0) is 22.9. The number of ether oxygens (including phenoxy) is 2. The summed E-state index contributed by atoms with van der Waals surface area (Å²) >= 11 is 0. The Morgan fingerprint density at radius 1 is 1.09 bits per heavy atom. The van der Waals surface area contributed by atoms with Crippen molar-refractivity contribution in [2.75, 3.05) is 13.2 Å². The van der Waals surface area contributed by atoms with Crippen molar-refractivity contribution in [1.82, 2.24) is 10.3 Å². The monoisotopic (exact) mass is 436 g/mol. The fourth-order valence-corrected chi connectivity index (χ4v) is 3.27. The van der Waals surface area contributed by atoms with Crippen molar-refractivity contribution in [1.29, 1.82) is 0 Å². The van der Waals surface area contributed by atoms with E-state index in [-0.39, 0.29) is 12.5 Å². The SMILES string of the molecule is CCOC(=O)[C@@H](Cc1ccc(OCCc2nc(-c3ccccc3)oc2C)cc1)NC(C)=O. The lowest BCUT2D eigenvalue weighted by Gasteiger charge is -2.16. The van der Waals surface area contributed by atoms with Crippen LogP contribution in [0.3, 0.4) is 0 Å². The van der Waals surface area contributed by atoms with E-state index in [9.17, 15) is 9.59 Å². The van der Waals surface area contributed by atoms with Crippen LogP contribution >= 0.6 is 0 Å². The van der Waals surface area contributed by atoms with Gasteiger partial charge in [0.1, 0.15) is 17.6 Å². The number of hydrogen-bond donors (Lipinski definition) is 1. The summed E-state index contributed by atoms with van der Waals surface area (Å²) in [5.74, 6) is 1.39. The van der Waals surface area contributed by atoms with Crippen LogP contribution in [0.5, 0.6) is 5.75 Å². The van der Waals surface area contributed by atoms with E-state index >= 15 is 0 Å². The van der Waals surface area contributed by atoms with Gasteiger partial charge in [0.15, 0.2) is 0 Å². The number of amides is 1. The molecule has 0 bridgehead atoms. The van der Waals surface area contributed by atoms with E-state index in [2.05, 4.69) is 10.3 Å². The van der Waals surface area contributed by atoms with Gasteiger partial charge in [0.05, 0.1) is 18.9 Å². The maximum atomic E-state index is 12.1. The first-order valence-corrected chi connectivity index (χ1v) is 10.6. The summed E-state index contributed by atoms with van der Waals surface area (Å²) < 4.78 is 16.7. The second kappa shape index (κ2) is 11.1. The van der Waals surface area contributed by atoms with Crippen molar-refractivity contribution in [3.8, 4) is 17.2 Å². The minimum absolute atomic E-state index is 0.263. The van der Waals surface area contributed by atoms with Gasteiger partial charge in [-0.15, -0.1) is 0 Å². The molecule has 7 nitrogen and oxygen atoms in total. The van der Waals surface area contributed by atoms with Gasteiger partial charge in [-0.2, -0.15) is 0 Å². The van der Waals surface area contributed by atoms with E-state index in [1.165, 1.54) is 6.92 Å². The molecular formula is C25H28N2O5.